The van der Waals surface area contributed by atoms with Gasteiger partial charge in [0.25, 0.3) is 5.69 Å². The van der Waals surface area contributed by atoms with Crippen LogP contribution in [0.25, 0.3) is 0 Å². The highest BCUT2D eigenvalue weighted by Gasteiger charge is 2.32. The van der Waals surface area contributed by atoms with E-state index < -0.39 is 0 Å². The second kappa shape index (κ2) is 6.89. The highest BCUT2D eigenvalue weighted by molar-refractivity contribution is 5.39. The zero-order chi connectivity index (χ0) is 16.2. The Labute approximate surface area is 136 Å². The zero-order valence-electron chi connectivity index (χ0n) is 13.2. The molecule has 2 aromatic carbocycles. The summed E-state index contributed by atoms with van der Waals surface area (Å²) in [6.07, 6.45) is 1.04. The van der Waals surface area contributed by atoms with Crippen molar-refractivity contribution in [1.29, 1.82) is 0 Å². The molecule has 0 aliphatic carbocycles. The van der Waals surface area contributed by atoms with Gasteiger partial charge in [0.2, 0.25) is 0 Å². The number of likely N-dealkylation sites (tertiary alicyclic amines) is 1. The second-order valence-electron chi connectivity index (χ2n) is 6.00. The van der Waals surface area contributed by atoms with Gasteiger partial charge in [-0.05, 0) is 19.0 Å². The van der Waals surface area contributed by atoms with Crippen LogP contribution in [0.1, 0.15) is 23.6 Å². The molecule has 0 radical (unpaired) electrons. The minimum absolute atomic E-state index is 0.183. The average molecular weight is 311 g/mol. The van der Waals surface area contributed by atoms with Crippen molar-refractivity contribution in [1.82, 2.24) is 10.2 Å². The monoisotopic (exact) mass is 311 g/mol. The summed E-state index contributed by atoms with van der Waals surface area (Å²) in [6.45, 7) is 1.53. The lowest BCUT2D eigenvalue weighted by atomic mass is 10.00. The summed E-state index contributed by atoms with van der Waals surface area (Å²) in [7, 11) is 2.13. The van der Waals surface area contributed by atoms with Crippen molar-refractivity contribution in [2.75, 3.05) is 13.6 Å². The fourth-order valence-corrected chi connectivity index (χ4v) is 3.38. The highest BCUT2D eigenvalue weighted by Crippen LogP contribution is 2.31. The number of hydrogen-bond acceptors (Lipinski definition) is 4. The summed E-state index contributed by atoms with van der Waals surface area (Å²) >= 11 is 0. The number of nitro groups is 1. The maximum atomic E-state index is 11.1. The van der Waals surface area contributed by atoms with Crippen molar-refractivity contribution in [2.24, 2.45) is 0 Å². The van der Waals surface area contributed by atoms with Crippen molar-refractivity contribution in [3.63, 3.8) is 0 Å². The predicted octanol–water partition coefficient (Wildman–Crippen LogP) is 3.13. The summed E-state index contributed by atoms with van der Waals surface area (Å²) in [5.41, 5.74) is 2.20. The predicted molar refractivity (Wildman–Crippen MR) is 90.2 cm³/mol. The number of para-hydroxylation sites is 1. The maximum Gasteiger partial charge on any atom is 0.273 e. The second-order valence-corrected chi connectivity index (χ2v) is 6.00. The van der Waals surface area contributed by atoms with Gasteiger partial charge in [-0.3, -0.25) is 15.0 Å². The molecule has 2 atom stereocenters. The zero-order valence-corrected chi connectivity index (χ0v) is 13.2. The number of nitrogens with zero attached hydrogens (tertiary/aromatic N) is 2. The number of likely N-dealkylation sites (N-methyl/N-ethyl adjacent to an activating group) is 1. The third kappa shape index (κ3) is 3.41. The number of nitrogens with one attached hydrogen (secondary N) is 1. The molecule has 1 saturated heterocycles. The van der Waals surface area contributed by atoms with Crippen LogP contribution in [0.15, 0.2) is 54.6 Å². The lowest BCUT2D eigenvalue weighted by Crippen LogP contribution is -2.34. The Kier molecular flexibility index (Phi) is 4.69. The molecule has 23 heavy (non-hydrogen) atoms. The molecule has 1 N–H and O–H groups in total. The summed E-state index contributed by atoms with van der Waals surface area (Å²) in [4.78, 5) is 13.2. The third-order valence-corrected chi connectivity index (χ3v) is 4.53. The fraction of sp³-hybridized carbons (Fsp3) is 0.333. The number of rotatable bonds is 5. The SMILES string of the molecule is CN1CC[C@H](NCc2ccccc2[N+](=O)[O-])[C@H]1c1ccccc1. The van der Waals surface area contributed by atoms with Gasteiger partial charge in [0.05, 0.1) is 4.92 Å². The van der Waals surface area contributed by atoms with E-state index in [2.05, 4.69) is 41.5 Å². The van der Waals surface area contributed by atoms with Crippen LogP contribution in [0.4, 0.5) is 5.69 Å². The molecule has 0 aromatic heterocycles. The van der Waals surface area contributed by atoms with E-state index in [-0.39, 0.29) is 10.6 Å². The minimum atomic E-state index is -0.313. The Morgan fingerprint density at radius 2 is 1.87 bits per heavy atom. The van der Waals surface area contributed by atoms with Crippen molar-refractivity contribution in [3.8, 4) is 0 Å². The van der Waals surface area contributed by atoms with E-state index in [9.17, 15) is 10.1 Å². The van der Waals surface area contributed by atoms with Crippen LogP contribution < -0.4 is 5.32 Å². The smallest absolute Gasteiger partial charge is 0.273 e. The molecule has 1 fully saturated rings. The molecule has 0 saturated carbocycles. The van der Waals surface area contributed by atoms with Crippen LogP contribution in [-0.2, 0) is 6.54 Å². The molecule has 0 bridgehead atoms. The van der Waals surface area contributed by atoms with Crippen LogP contribution in [0.3, 0.4) is 0 Å². The number of nitro benzene ring substituents is 1. The van der Waals surface area contributed by atoms with E-state index in [0.717, 1.165) is 18.5 Å². The summed E-state index contributed by atoms with van der Waals surface area (Å²) in [5, 5.41) is 14.7. The molecule has 0 spiro atoms. The molecule has 0 amide bonds. The molecule has 120 valence electrons. The number of benzene rings is 2. The van der Waals surface area contributed by atoms with Crippen LogP contribution in [0, 0.1) is 10.1 Å². The topological polar surface area (TPSA) is 58.4 Å². The van der Waals surface area contributed by atoms with Crippen LogP contribution >= 0.6 is 0 Å². The molecule has 0 unspecified atom stereocenters. The van der Waals surface area contributed by atoms with Gasteiger partial charge in [-0.1, -0.05) is 48.5 Å². The Hall–Kier alpha value is -2.24. The Balaban J connectivity index is 1.74. The molecule has 1 heterocycles. The molecule has 3 rings (SSSR count). The van der Waals surface area contributed by atoms with Gasteiger partial charge >= 0.3 is 0 Å². The van der Waals surface area contributed by atoms with Crippen LogP contribution in [0.5, 0.6) is 0 Å². The Bertz CT molecular complexity index is 675. The van der Waals surface area contributed by atoms with Gasteiger partial charge in [-0.2, -0.15) is 0 Å². The highest BCUT2D eigenvalue weighted by atomic mass is 16.6. The minimum Gasteiger partial charge on any atom is -0.308 e. The van der Waals surface area contributed by atoms with Gasteiger partial charge in [0, 0.05) is 36.8 Å². The lowest BCUT2D eigenvalue weighted by Gasteiger charge is -2.26. The fourth-order valence-electron chi connectivity index (χ4n) is 3.38. The third-order valence-electron chi connectivity index (χ3n) is 4.53. The van der Waals surface area contributed by atoms with E-state index in [1.165, 1.54) is 5.56 Å². The summed E-state index contributed by atoms with van der Waals surface area (Å²) in [5.74, 6) is 0. The van der Waals surface area contributed by atoms with Crippen molar-refractivity contribution in [2.45, 2.75) is 25.0 Å². The Morgan fingerprint density at radius 1 is 1.17 bits per heavy atom. The van der Waals surface area contributed by atoms with Gasteiger partial charge < -0.3 is 5.32 Å². The molecular weight excluding hydrogens is 290 g/mol. The van der Waals surface area contributed by atoms with Gasteiger partial charge in [0.15, 0.2) is 0 Å². The van der Waals surface area contributed by atoms with E-state index in [0.29, 0.717) is 18.6 Å². The summed E-state index contributed by atoms with van der Waals surface area (Å²) < 4.78 is 0. The van der Waals surface area contributed by atoms with E-state index in [1.807, 2.05) is 18.2 Å². The quantitative estimate of drug-likeness (QED) is 0.681. The average Bonchev–Trinajstić information content (AvgIpc) is 2.94. The molecule has 5 heteroatoms. The van der Waals surface area contributed by atoms with E-state index in [1.54, 1.807) is 12.1 Å². The molecule has 5 nitrogen and oxygen atoms in total. The first-order valence-electron chi connectivity index (χ1n) is 7.87. The van der Waals surface area contributed by atoms with Gasteiger partial charge in [0.1, 0.15) is 0 Å². The van der Waals surface area contributed by atoms with Crippen LogP contribution in [-0.4, -0.2) is 29.5 Å². The number of hydrogen-bond donors (Lipinski definition) is 1. The van der Waals surface area contributed by atoms with E-state index >= 15 is 0 Å². The van der Waals surface area contributed by atoms with Gasteiger partial charge in [-0.15, -0.1) is 0 Å². The largest absolute Gasteiger partial charge is 0.308 e. The summed E-state index contributed by atoms with van der Waals surface area (Å²) in [6, 6.07) is 18.0. The first kappa shape index (κ1) is 15.6. The van der Waals surface area contributed by atoms with Crippen molar-refractivity contribution >= 4 is 5.69 Å². The molecule has 2 aromatic rings. The van der Waals surface area contributed by atoms with E-state index in [4.69, 9.17) is 0 Å². The van der Waals surface area contributed by atoms with Crippen molar-refractivity contribution < 1.29 is 4.92 Å². The maximum absolute atomic E-state index is 11.1. The Morgan fingerprint density at radius 3 is 2.61 bits per heavy atom. The normalized spacial score (nSPS) is 21.4. The molecule has 1 aliphatic heterocycles. The molecule has 1 aliphatic rings. The first-order valence-corrected chi connectivity index (χ1v) is 7.87. The van der Waals surface area contributed by atoms with Crippen LogP contribution in [0.2, 0.25) is 0 Å². The standard InChI is InChI=1S/C18H21N3O2/c1-20-12-11-16(18(20)14-7-3-2-4-8-14)19-13-15-9-5-6-10-17(15)21(22)23/h2-10,16,18-19H,11-13H2,1H3/t16-,18+/m0/s1. The lowest BCUT2D eigenvalue weighted by molar-refractivity contribution is -0.385. The van der Waals surface area contributed by atoms with Crippen molar-refractivity contribution in [3.05, 3.63) is 75.8 Å². The molecular formula is C18H21N3O2. The first-order chi connectivity index (χ1) is 11.2. The van der Waals surface area contributed by atoms with Gasteiger partial charge in [-0.25, -0.2) is 0 Å².